The predicted octanol–water partition coefficient (Wildman–Crippen LogP) is 3.26. The lowest BCUT2D eigenvalue weighted by atomic mass is 10.1. The molecule has 0 fully saturated rings. The number of nitrogens with zero attached hydrogens (tertiary/aromatic N) is 1. The smallest absolute Gasteiger partial charge is 0.243 e. The SMILES string of the molecule is O=S(=O)(c1cc(Br)c(O)c(Br)c1)N1CCc2occc2C1. The number of benzene rings is 1. The van der Waals surface area contributed by atoms with Crippen LogP contribution in [0.15, 0.2) is 42.7 Å². The lowest BCUT2D eigenvalue weighted by molar-refractivity contribution is 0.362. The van der Waals surface area contributed by atoms with E-state index in [-0.39, 0.29) is 10.6 Å². The van der Waals surface area contributed by atoms with E-state index in [4.69, 9.17) is 4.42 Å². The zero-order valence-electron chi connectivity index (χ0n) is 10.7. The Hall–Kier alpha value is -0.830. The standard InChI is InChI=1S/C13H11Br2NO4S/c14-10-5-9(6-11(15)13(10)17)21(18,19)16-3-1-12-8(7-16)2-4-20-12/h2,4-6,17H,1,3,7H2. The van der Waals surface area contributed by atoms with Crippen LogP contribution in [0.1, 0.15) is 11.3 Å². The highest BCUT2D eigenvalue weighted by Crippen LogP contribution is 2.36. The quantitative estimate of drug-likeness (QED) is 0.784. The molecule has 0 unspecified atom stereocenters. The molecule has 0 aliphatic carbocycles. The van der Waals surface area contributed by atoms with Gasteiger partial charge in [-0.05, 0) is 50.1 Å². The second kappa shape index (κ2) is 5.42. The molecule has 112 valence electrons. The molecule has 1 aliphatic heterocycles. The molecule has 0 saturated carbocycles. The molecule has 0 radical (unpaired) electrons. The van der Waals surface area contributed by atoms with Crippen LogP contribution in [-0.2, 0) is 23.0 Å². The molecular formula is C13H11Br2NO4S. The van der Waals surface area contributed by atoms with Gasteiger partial charge >= 0.3 is 0 Å². The van der Waals surface area contributed by atoms with Gasteiger partial charge in [-0.1, -0.05) is 0 Å². The first kappa shape index (κ1) is 15.1. The summed E-state index contributed by atoms with van der Waals surface area (Å²) in [5.41, 5.74) is 0.890. The molecule has 1 aromatic carbocycles. The molecule has 1 aliphatic rings. The molecule has 0 bridgehead atoms. The van der Waals surface area contributed by atoms with Gasteiger partial charge in [0.05, 0.1) is 20.1 Å². The molecule has 0 saturated heterocycles. The Morgan fingerprint density at radius 3 is 2.57 bits per heavy atom. The molecule has 1 N–H and O–H groups in total. The molecule has 2 aromatic rings. The molecule has 0 amide bonds. The van der Waals surface area contributed by atoms with Gasteiger partial charge in [-0.15, -0.1) is 0 Å². The second-order valence-electron chi connectivity index (χ2n) is 4.69. The third-order valence-corrected chi connectivity index (χ3v) is 6.43. The molecule has 8 heteroatoms. The summed E-state index contributed by atoms with van der Waals surface area (Å²) in [5, 5.41) is 9.69. The van der Waals surface area contributed by atoms with Crippen molar-refractivity contribution in [3.63, 3.8) is 0 Å². The topological polar surface area (TPSA) is 70.8 Å². The van der Waals surface area contributed by atoms with Crippen molar-refractivity contribution in [1.82, 2.24) is 4.31 Å². The van der Waals surface area contributed by atoms with Crippen LogP contribution in [0.3, 0.4) is 0 Å². The highest BCUT2D eigenvalue weighted by molar-refractivity contribution is 9.11. The fourth-order valence-electron chi connectivity index (χ4n) is 2.27. The number of fused-ring (bicyclic) bond motifs is 1. The average molecular weight is 437 g/mol. The third-order valence-electron chi connectivity index (χ3n) is 3.40. The number of furan rings is 1. The van der Waals surface area contributed by atoms with Gasteiger partial charge in [0.1, 0.15) is 11.5 Å². The summed E-state index contributed by atoms with van der Waals surface area (Å²) >= 11 is 6.31. The van der Waals surface area contributed by atoms with E-state index in [9.17, 15) is 13.5 Å². The maximum Gasteiger partial charge on any atom is 0.243 e. The first-order valence-corrected chi connectivity index (χ1v) is 9.15. The third kappa shape index (κ3) is 2.65. The van der Waals surface area contributed by atoms with Gasteiger partial charge in [-0.25, -0.2) is 8.42 Å². The molecule has 1 aromatic heterocycles. The van der Waals surface area contributed by atoms with Crippen LogP contribution in [0.4, 0.5) is 0 Å². The summed E-state index contributed by atoms with van der Waals surface area (Å²) in [6, 6.07) is 4.60. The Labute approximate surface area is 138 Å². The van der Waals surface area contributed by atoms with Gasteiger partial charge in [0.2, 0.25) is 10.0 Å². The van der Waals surface area contributed by atoms with E-state index in [1.165, 1.54) is 16.4 Å². The monoisotopic (exact) mass is 435 g/mol. The van der Waals surface area contributed by atoms with Crippen molar-refractivity contribution in [2.45, 2.75) is 17.9 Å². The summed E-state index contributed by atoms with van der Waals surface area (Å²) in [5.74, 6) is 0.819. The highest BCUT2D eigenvalue weighted by Gasteiger charge is 2.30. The fraction of sp³-hybridized carbons (Fsp3) is 0.231. The van der Waals surface area contributed by atoms with Gasteiger partial charge in [-0.3, -0.25) is 0 Å². The predicted molar refractivity (Wildman–Crippen MR) is 83.5 cm³/mol. The molecule has 21 heavy (non-hydrogen) atoms. The Morgan fingerprint density at radius 2 is 1.90 bits per heavy atom. The number of sulfonamides is 1. The van der Waals surface area contributed by atoms with E-state index < -0.39 is 10.0 Å². The van der Waals surface area contributed by atoms with Crippen molar-refractivity contribution in [1.29, 1.82) is 0 Å². The van der Waals surface area contributed by atoms with Crippen LogP contribution >= 0.6 is 31.9 Å². The number of phenolic OH excluding ortho intramolecular Hbond substituents is 1. The number of phenols is 1. The Kier molecular flexibility index (Phi) is 3.89. The van der Waals surface area contributed by atoms with Crippen molar-refractivity contribution >= 4 is 41.9 Å². The van der Waals surface area contributed by atoms with Crippen LogP contribution in [-0.4, -0.2) is 24.4 Å². The summed E-state index contributed by atoms with van der Waals surface area (Å²) in [7, 11) is -3.62. The minimum atomic E-state index is -3.62. The Balaban J connectivity index is 1.98. The van der Waals surface area contributed by atoms with Gasteiger partial charge in [0.25, 0.3) is 0 Å². The molecule has 5 nitrogen and oxygen atoms in total. The molecular weight excluding hydrogens is 426 g/mol. The summed E-state index contributed by atoms with van der Waals surface area (Å²) in [6.07, 6.45) is 2.14. The zero-order valence-corrected chi connectivity index (χ0v) is 14.7. The van der Waals surface area contributed by atoms with E-state index in [1.54, 1.807) is 12.3 Å². The minimum absolute atomic E-state index is 0.0234. The normalized spacial score (nSPS) is 15.9. The Morgan fingerprint density at radius 1 is 1.24 bits per heavy atom. The number of rotatable bonds is 2. The van der Waals surface area contributed by atoms with Crippen molar-refractivity contribution in [2.24, 2.45) is 0 Å². The number of hydrogen-bond donors (Lipinski definition) is 1. The molecule has 2 heterocycles. The maximum absolute atomic E-state index is 12.7. The van der Waals surface area contributed by atoms with E-state index in [2.05, 4.69) is 31.9 Å². The molecule has 0 spiro atoms. The first-order valence-electron chi connectivity index (χ1n) is 6.13. The number of halogens is 2. The van der Waals surface area contributed by atoms with Crippen LogP contribution in [0.2, 0.25) is 0 Å². The molecule has 3 rings (SSSR count). The van der Waals surface area contributed by atoms with Crippen LogP contribution in [0.25, 0.3) is 0 Å². The lowest BCUT2D eigenvalue weighted by Crippen LogP contribution is -2.35. The Bertz CT molecular complexity index is 777. The van der Waals surface area contributed by atoms with Crippen LogP contribution in [0.5, 0.6) is 5.75 Å². The van der Waals surface area contributed by atoms with Crippen molar-refractivity contribution in [3.05, 3.63) is 44.7 Å². The first-order chi connectivity index (χ1) is 9.89. The lowest BCUT2D eigenvalue weighted by Gasteiger charge is -2.25. The summed E-state index contributed by atoms with van der Waals surface area (Å²) in [4.78, 5) is 0.131. The zero-order chi connectivity index (χ0) is 15.2. The van der Waals surface area contributed by atoms with Gasteiger partial charge in [0.15, 0.2) is 0 Å². The minimum Gasteiger partial charge on any atom is -0.506 e. The summed E-state index contributed by atoms with van der Waals surface area (Å²) < 4.78 is 32.8. The second-order valence-corrected chi connectivity index (χ2v) is 8.34. The van der Waals surface area contributed by atoms with Crippen molar-refractivity contribution < 1.29 is 17.9 Å². The average Bonchev–Trinajstić information content (AvgIpc) is 2.91. The highest BCUT2D eigenvalue weighted by atomic mass is 79.9. The number of aromatic hydroxyl groups is 1. The van der Waals surface area contributed by atoms with Crippen molar-refractivity contribution in [3.8, 4) is 5.75 Å². The maximum atomic E-state index is 12.7. The van der Waals surface area contributed by atoms with Gasteiger partial charge in [-0.2, -0.15) is 4.31 Å². The van der Waals surface area contributed by atoms with Crippen LogP contribution < -0.4 is 0 Å². The number of hydrogen-bond acceptors (Lipinski definition) is 4. The van der Waals surface area contributed by atoms with Crippen LogP contribution in [0, 0.1) is 0 Å². The van der Waals surface area contributed by atoms with Gasteiger partial charge < -0.3 is 9.52 Å². The van der Waals surface area contributed by atoms with Gasteiger partial charge in [0, 0.05) is 25.1 Å². The van der Waals surface area contributed by atoms with E-state index in [0.717, 1.165) is 11.3 Å². The fourth-order valence-corrected chi connectivity index (χ4v) is 5.23. The van der Waals surface area contributed by atoms with E-state index >= 15 is 0 Å². The largest absolute Gasteiger partial charge is 0.506 e. The molecule has 0 atom stereocenters. The summed E-state index contributed by atoms with van der Waals surface area (Å²) in [6.45, 7) is 0.670. The van der Waals surface area contributed by atoms with E-state index in [0.29, 0.717) is 28.5 Å². The van der Waals surface area contributed by atoms with Crippen molar-refractivity contribution in [2.75, 3.05) is 6.54 Å². The van der Waals surface area contributed by atoms with E-state index in [1.807, 2.05) is 0 Å².